The Morgan fingerprint density at radius 2 is 0.759 bits per heavy atom. The van der Waals surface area contributed by atoms with Crippen LogP contribution in [-0.2, 0) is 0 Å². The summed E-state index contributed by atoms with van der Waals surface area (Å²) in [7, 11) is 0. The van der Waals surface area contributed by atoms with E-state index in [4.69, 9.17) is 9.97 Å². The average molecular weight is 739 g/mol. The van der Waals surface area contributed by atoms with Crippen LogP contribution in [-0.4, -0.2) is 9.97 Å². The third-order valence-electron chi connectivity index (χ3n) is 10.8. The molecular weight excluding hydrogens is 701 g/mol. The number of allylic oxidation sites excluding steroid dienone is 2. The van der Waals surface area contributed by atoms with Crippen LogP contribution in [0.4, 0.5) is 0 Å². The van der Waals surface area contributed by atoms with Crippen LogP contribution >= 0.6 is 0 Å². The van der Waals surface area contributed by atoms with E-state index in [2.05, 4.69) is 206 Å². The van der Waals surface area contributed by atoms with E-state index in [0.717, 1.165) is 50.3 Å². The molecule has 1 aliphatic rings. The summed E-state index contributed by atoms with van der Waals surface area (Å²) in [6.45, 7) is 0. The van der Waals surface area contributed by atoms with E-state index in [1.165, 1.54) is 44.5 Å². The lowest BCUT2D eigenvalue weighted by molar-refractivity contribution is 1.18. The van der Waals surface area contributed by atoms with E-state index in [0.29, 0.717) is 5.82 Å². The molecule has 0 spiro atoms. The minimum Gasteiger partial charge on any atom is -0.228 e. The highest BCUT2D eigenvalue weighted by atomic mass is 14.9. The molecule has 272 valence electrons. The summed E-state index contributed by atoms with van der Waals surface area (Å²) in [4.78, 5) is 10.3. The highest BCUT2D eigenvalue weighted by molar-refractivity contribution is 5.99. The minimum absolute atomic E-state index is 0.700. The standard InChI is InChI=1S/C56H38N2/c1-5-16-40(17-6-1)44-24-13-15-39(31-44)32-48-27-28-49-34-47(29-30-53(48)49)51-35-50(46-26-14-25-45(33-46)41-18-7-2-8-19-41)36-52(37-51)55-38-54(42-20-9-3-10-21-42)57-56(58-55)43-22-11-4-12-23-43/h1-38H/b48-32+. The Labute approximate surface area is 339 Å². The molecule has 0 unspecified atom stereocenters. The van der Waals surface area contributed by atoms with E-state index < -0.39 is 0 Å². The average Bonchev–Trinajstić information content (AvgIpc) is 3.71. The second-order valence-corrected chi connectivity index (χ2v) is 14.7. The molecule has 0 fully saturated rings. The topological polar surface area (TPSA) is 25.8 Å². The highest BCUT2D eigenvalue weighted by Crippen LogP contribution is 2.39. The Morgan fingerprint density at radius 3 is 1.40 bits per heavy atom. The molecule has 0 atom stereocenters. The summed E-state index contributed by atoms with van der Waals surface area (Å²) in [5.41, 5.74) is 19.0. The van der Waals surface area contributed by atoms with Crippen LogP contribution in [0.3, 0.4) is 0 Å². The van der Waals surface area contributed by atoms with Gasteiger partial charge in [-0.15, -0.1) is 0 Å². The molecule has 2 heteroatoms. The van der Waals surface area contributed by atoms with Gasteiger partial charge >= 0.3 is 0 Å². The number of rotatable bonds is 8. The third kappa shape index (κ3) is 7.23. The molecular formula is C56H38N2. The molecule has 0 aliphatic heterocycles. The summed E-state index contributed by atoms with van der Waals surface area (Å²) in [6, 6.07) is 75.2. The number of aromatic nitrogens is 2. The van der Waals surface area contributed by atoms with Crippen molar-refractivity contribution in [3.05, 3.63) is 235 Å². The zero-order chi connectivity index (χ0) is 38.7. The van der Waals surface area contributed by atoms with Gasteiger partial charge in [-0.3, -0.25) is 0 Å². The maximum Gasteiger partial charge on any atom is 0.160 e. The molecule has 0 N–H and O–H groups in total. The zero-order valence-electron chi connectivity index (χ0n) is 31.8. The maximum absolute atomic E-state index is 5.24. The second-order valence-electron chi connectivity index (χ2n) is 14.7. The van der Waals surface area contributed by atoms with E-state index in [1.54, 1.807) is 0 Å². The van der Waals surface area contributed by atoms with Crippen LogP contribution in [0.15, 0.2) is 218 Å². The normalized spacial score (nSPS) is 12.4. The SMILES string of the molecule is C1=Cc2cc(-c3cc(-c4cccc(-c5ccccc5)c4)cc(-c4cc(-c5ccccc5)nc(-c5ccccc5)n4)c3)ccc2/C1=C/c1cccc(-c2ccccc2)c1. The second kappa shape index (κ2) is 15.5. The van der Waals surface area contributed by atoms with Crippen molar-refractivity contribution >= 4 is 17.7 Å². The Morgan fingerprint density at radius 1 is 0.293 bits per heavy atom. The summed E-state index contributed by atoms with van der Waals surface area (Å²) >= 11 is 0. The van der Waals surface area contributed by atoms with Crippen molar-refractivity contribution in [1.29, 1.82) is 0 Å². The summed E-state index contributed by atoms with van der Waals surface area (Å²) in [5, 5.41) is 0. The van der Waals surface area contributed by atoms with Crippen molar-refractivity contribution < 1.29 is 0 Å². The van der Waals surface area contributed by atoms with Crippen molar-refractivity contribution in [3.8, 4) is 78.4 Å². The summed E-state index contributed by atoms with van der Waals surface area (Å²) in [5.74, 6) is 0.700. The predicted octanol–water partition coefficient (Wildman–Crippen LogP) is 14.7. The fourth-order valence-corrected chi connectivity index (χ4v) is 7.84. The fourth-order valence-electron chi connectivity index (χ4n) is 7.84. The highest BCUT2D eigenvalue weighted by Gasteiger charge is 2.16. The van der Waals surface area contributed by atoms with Crippen molar-refractivity contribution in [2.45, 2.75) is 0 Å². The molecule has 58 heavy (non-hydrogen) atoms. The van der Waals surface area contributed by atoms with Crippen LogP contribution in [0.2, 0.25) is 0 Å². The van der Waals surface area contributed by atoms with Crippen LogP contribution in [0.25, 0.3) is 96.1 Å². The molecule has 10 rings (SSSR count). The molecule has 1 aromatic heterocycles. The van der Waals surface area contributed by atoms with E-state index in [1.807, 2.05) is 24.3 Å². The summed E-state index contributed by atoms with van der Waals surface area (Å²) in [6.07, 6.45) is 6.76. The van der Waals surface area contributed by atoms with Crippen molar-refractivity contribution in [1.82, 2.24) is 9.97 Å². The smallest absolute Gasteiger partial charge is 0.160 e. The van der Waals surface area contributed by atoms with Crippen molar-refractivity contribution in [2.75, 3.05) is 0 Å². The van der Waals surface area contributed by atoms with Gasteiger partial charge in [0.25, 0.3) is 0 Å². The van der Waals surface area contributed by atoms with Gasteiger partial charge in [0.15, 0.2) is 5.82 Å². The van der Waals surface area contributed by atoms with Gasteiger partial charge in [0.05, 0.1) is 11.4 Å². The summed E-state index contributed by atoms with van der Waals surface area (Å²) < 4.78 is 0. The van der Waals surface area contributed by atoms with Gasteiger partial charge < -0.3 is 0 Å². The van der Waals surface area contributed by atoms with Gasteiger partial charge in [-0.1, -0.05) is 182 Å². The Bertz CT molecular complexity index is 2910. The lowest BCUT2D eigenvalue weighted by atomic mass is 9.91. The first-order valence-corrected chi connectivity index (χ1v) is 19.7. The Hall–Kier alpha value is -7.68. The van der Waals surface area contributed by atoms with Crippen LogP contribution in [0, 0.1) is 0 Å². The number of nitrogens with zero attached hydrogens (tertiary/aromatic N) is 2. The number of fused-ring (bicyclic) bond motifs is 1. The van der Waals surface area contributed by atoms with Crippen molar-refractivity contribution in [2.24, 2.45) is 0 Å². The number of hydrogen-bond donors (Lipinski definition) is 0. The monoisotopic (exact) mass is 738 g/mol. The molecule has 0 saturated heterocycles. The third-order valence-corrected chi connectivity index (χ3v) is 10.8. The van der Waals surface area contributed by atoms with Gasteiger partial charge in [0, 0.05) is 16.7 Å². The largest absolute Gasteiger partial charge is 0.228 e. The van der Waals surface area contributed by atoms with Gasteiger partial charge in [0.1, 0.15) is 0 Å². The predicted molar refractivity (Wildman–Crippen MR) is 243 cm³/mol. The molecule has 1 aliphatic carbocycles. The molecule has 2 nitrogen and oxygen atoms in total. The van der Waals surface area contributed by atoms with Gasteiger partial charge in [-0.2, -0.15) is 0 Å². The van der Waals surface area contributed by atoms with E-state index in [9.17, 15) is 0 Å². The minimum atomic E-state index is 0.700. The number of hydrogen-bond acceptors (Lipinski definition) is 2. The zero-order valence-corrected chi connectivity index (χ0v) is 31.8. The molecule has 0 amide bonds. The maximum atomic E-state index is 5.24. The molecule has 0 radical (unpaired) electrons. The van der Waals surface area contributed by atoms with Crippen LogP contribution in [0.5, 0.6) is 0 Å². The van der Waals surface area contributed by atoms with Gasteiger partial charge in [-0.05, 0) is 115 Å². The van der Waals surface area contributed by atoms with Gasteiger partial charge in [-0.25, -0.2) is 9.97 Å². The molecule has 1 heterocycles. The first-order valence-electron chi connectivity index (χ1n) is 19.7. The van der Waals surface area contributed by atoms with E-state index >= 15 is 0 Å². The lowest BCUT2D eigenvalue weighted by Crippen LogP contribution is -1.96. The Kier molecular flexibility index (Phi) is 9.27. The van der Waals surface area contributed by atoms with E-state index in [-0.39, 0.29) is 0 Å². The Balaban J connectivity index is 1.09. The first-order chi connectivity index (χ1) is 28.7. The molecule has 9 aromatic rings. The fraction of sp³-hybridized carbons (Fsp3) is 0. The quantitative estimate of drug-likeness (QED) is 0.155. The lowest BCUT2D eigenvalue weighted by Gasteiger charge is -2.14. The first kappa shape index (κ1) is 34.8. The van der Waals surface area contributed by atoms with Gasteiger partial charge in [0.2, 0.25) is 0 Å². The van der Waals surface area contributed by atoms with Crippen LogP contribution in [0.1, 0.15) is 16.7 Å². The number of benzene rings is 8. The van der Waals surface area contributed by atoms with Crippen molar-refractivity contribution in [3.63, 3.8) is 0 Å². The molecule has 0 saturated carbocycles. The van der Waals surface area contributed by atoms with Crippen LogP contribution < -0.4 is 0 Å². The molecule has 8 aromatic carbocycles. The molecule has 0 bridgehead atoms.